The number of piperidine rings is 1. The Kier molecular flexibility index (Phi) is 2.73. The zero-order chi connectivity index (χ0) is 11.2. The first kappa shape index (κ1) is 11.0. The monoisotopic (exact) mass is 224 g/mol. The normalized spacial score (nSPS) is 39.4. The van der Waals surface area contributed by atoms with Gasteiger partial charge in [0.2, 0.25) is 0 Å². The third kappa shape index (κ3) is 1.79. The van der Waals surface area contributed by atoms with Crippen LogP contribution in [0.1, 0.15) is 25.7 Å². The fraction of sp³-hybridized carbons (Fsp3) is 1.00. The van der Waals surface area contributed by atoms with E-state index < -0.39 is 0 Å². The van der Waals surface area contributed by atoms with Crippen molar-refractivity contribution in [2.24, 2.45) is 5.41 Å². The minimum absolute atomic E-state index is 0.555. The lowest BCUT2D eigenvalue weighted by atomic mass is 9.69. The summed E-state index contributed by atoms with van der Waals surface area (Å²) in [6.45, 7) is 5.34. The highest BCUT2D eigenvalue weighted by Gasteiger charge is 2.48. The molecule has 3 fully saturated rings. The first-order valence-corrected chi connectivity index (χ1v) is 6.66. The van der Waals surface area contributed by atoms with Crippen molar-refractivity contribution in [1.29, 1.82) is 0 Å². The van der Waals surface area contributed by atoms with Crippen LogP contribution in [0.25, 0.3) is 0 Å². The van der Waals surface area contributed by atoms with E-state index in [1.165, 1.54) is 51.9 Å². The molecule has 3 heteroatoms. The summed E-state index contributed by atoms with van der Waals surface area (Å²) in [6.07, 6.45) is 5.93. The molecule has 0 unspecified atom stereocenters. The number of hydrogen-bond donors (Lipinski definition) is 0. The maximum absolute atomic E-state index is 5.35. The van der Waals surface area contributed by atoms with Crippen molar-refractivity contribution in [2.75, 3.05) is 40.3 Å². The molecule has 3 rings (SSSR count). The van der Waals surface area contributed by atoms with E-state index in [1.807, 2.05) is 7.11 Å². The van der Waals surface area contributed by atoms with Crippen molar-refractivity contribution < 1.29 is 4.74 Å². The number of likely N-dealkylation sites (tertiary alicyclic amines) is 2. The summed E-state index contributed by atoms with van der Waals surface area (Å²) in [6, 6.07) is 0.843. The van der Waals surface area contributed by atoms with Crippen LogP contribution in [0.3, 0.4) is 0 Å². The molecule has 2 heterocycles. The zero-order valence-electron chi connectivity index (χ0n) is 10.6. The van der Waals surface area contributed by atoms with Gasteiger partial charge in [-0.1, -0.05) is 0 Å². The first-order chi connectivity index (χ1) is 7.71. The van der Waals surface area contributed by atoms with Gasteiger partial charge in [0.05, 0.1) is 6.10 Å². The van der Waals surface area contributed by atoms with Gasteiger partial charge in [0.15, 0.2) is 0 Å². The van der Waals surface area contributed by atoms with Gasteiger partial charge in [0.25, 0.3) is 0 Å². The Morgan fingerprint density at radius 3 is 2.31 bits per heavy atom. The molecule has 1 spiro atoms. The molecule has 92 valence electrons. The number of hydrogen-bond acceptors (Lipinski definition) is 3. The summed E-state index contributed by atoms with van der Waals surface area (Å²) in [4.78, 5) is 5.17. The molecule has 0 aromatic rings. The Bertz CT molecular complexity index is 247. The van der Waals surface area contributed by atoms with E-state index in [0.29, 0.717) is 11.5 Å². The van der Waals surface area contributed by atoms with Crippen LogP contribution in [0.2, 0.25) is 0 Å². The molecule has 0 N–H and O–H groups in total. The van der Waals surface area contributed by atoms with Crippen LogP contribution in [-0.4, -0.2) is 62.3 Å². The first-order valence-electron chi connectivity index (χ1n) is 6.66. The topological polar surface area (TPSA) is 15.7 Å². The smallest absolute Gasteiger partial charge is 0.0601 e. The molecule has 1 saturated carbocycles. The standard InChI is InChI=1S/C13H24N2O/c1-14-5-3-13(4-6-14)9-15(10-13)11-7-12(8-11)16-2/h11-12H,3-10H2,1-2H3. The Labute approximate surface area is 98.7 Å². The molecule has 1 aliphatic carbocycles. The molecule has 16 heavy (non-hydrogen) atoms. The molecule has 0 radical (unpaired) electrons. The van der Waals surface area contributed by atoms with Gasteiger partial charge in [0, 0.05) is 26.2 Å². The molecule has 2 aliphatic heterocycles. The van der Waals surface area contributed by atoms with Crippen molar-refractivity contribution in [3.05, 3.63) is 0 Å². The fourth-order valence-electron chi connectivity index (χ4n) is 3.51. The van der Waals surface area contributed by atoms with Gasteiger partial charge in [-0.15, -0.1) is 0 Å². The van der Waals surface area contributed by atoms with Crippen molar-refractivity contribution in [1.82, 2.24) is 9.80 Å². The Morgan fingerprint density at radius 1 is 1.12 bits per heavy atom. The number of methoxy groups -OCH3 is 1. The molecule has 0 aromatic carbocycles. The lowest BCUT2D eigenvalue weighted by Gasteiger charge is -2.58. The number of ether oxygens (including phenoxy) is 1. The lowest BCUT2D eigenvalue weighted by molar-refractivity contribution is -0.116. The van der Waals surface area contributed by atoms with E-state index in [2.05, 4.69) is 16.8 Å². The zero-order valence-corrected chi connectivity index (χ0v) is 10.6. The fourth-order valence-corrected chi connectivity index (χ4v) is 3.51. The highest BCUT2D eigenvalue weighted by atomic mass is 16.5. The van der Waals surface area contributed by atoms with Crippen LogP contribution in [-0.2, 0) is 4.74 Å². The molecule has 2 saturated heterocycles. The molecule has 3 aliphatic rings. The van der Waals surface area contributed by atoms with Gasteiger partial charge in [0.1, 0.15) is 0 Å². The molecular weight excluding hydrogens is 200 g/mol. The molecule has 0 atom stereocenters. The molecule has 0 aromatic heterocycles. The van der Waals surface area contributed by atoms with Crippen molar-refractivity contribution >= 4 is 0 Å². The quantitative estimate of drug-likeness (QED) is 0.701. The second kappa shape index (κ2) is 3.97. The summed E-state index contributed by atoms with van der Waals surface area (Å²) in [5.74, 6) is 0. The molecule has 0 amide bonds. The van der Waals surface area contributed by atoms with E-state index in [-0.39, 0.29) is 0 Å². The van der Waals surface area contributed by atoms with Gasteiger partial charge in [-0.3, -0.25) is 4.90 Å². The van der Waals surface area contributed by atoms with E-state index in [4.69, 9.17) is 4.74 Å². The average molecular weight is 224 g/mol. The molecule has 3 nitrogen and oxygen atoms in total. The van der Waals surface area contributed by atoms with Gasteiger partial charge in [-0.25, -0.2) is 0 Å². The Morgan fingerprint density at radius 2 is 1.75 bits per heavy atom. The van der Waals surface area contributed by atoms with Crippen LogP contribution < -0.4 is 0 Å². The van der Waals surface area contributed by atoms with Crippen LogP contribution in [0.15, 0.2) is 0 Å². The van der Waals surface area contributed by atoms with Gasteiger partial charge in [-0.05, 0) is 51.2 Å². The van der Waals surface area contributed by atoms with E-state index in [1.54, 1.807) is 0 Å². The second-order valence-electron chi connectivity index (χ2n) is 6.19. The maximum atomic E-state index is 5.35. The Balaban J connectivity index is 1.44. The van der Waals surface area contributed by atoms with Gasteiger partial charge < -0.3 is 9.64 Å². The summed E-state index contributed by atoms with van der Waals surface area (Å²) in [7, 11) is 4.09. The summed E-state index contributed by atoms with van der Waals surface area (Å²) >= 11 is 0. The predicted octanol–water partition coefficient (Wildman–Crippen LogP) is 1.19. The van der Waals surface area contributed by atoms with Crippen molar-refractivity contribution in [3.63, 3.8) is 0 Å². The summed E-state index contributed by atoms with van der Waals surface area (Å²) in [5.41, 5.74) is 0.699. The minimum atomic E-state index is 0.555. The van der Waals surface area contributed by atoms with Crippen molar-refractivity contribution in [3.8, 4) is 0 Å². The molecule has 0 bridgehead atoms. The number of nitrogens with zero attached hydrogens (tertiary/aromatic N) is 2. The third-order valence-electron chi connectivity index (χ3n) is 5.04. The van der Waals surface area contributed by atoms with Crippen LogP contribution >= 0.6 is 0 Å². The average Bonchev–Trinajstić information content (AvgIpc) is 2.17. The summed E-state index contributed by atoms with van der Waals surface area (Å²) in [5, 5.41) is 0. The van der Waals surface area contributed by atoms with E-state index in [0.717, 1.165) is 6.04 Å². The highest BCUT2D eigenvalue weighted by Crippen LogP contribution is 2.44. The minimum Gasteiger partial charge on any atom is -0.381 e. The third-order valence-corrected chi connectivity index (χ3v) is 5.04. The lowest BCUT2D eigenvalue weighted by Crippen LogP contribution is -2.65. The molecular formula is C13H24N2O. The van der Waals surface area contributed by atoms with Crippen LogP contribution in [0, 0.1) is 5.41 Å². The van der Waals surface area contributed by atoms with E-state index >= 15 is 0 Å². The summed E-state index contributed by atoms with van der Waals surface area (Å²) < 4.78 is 5.35. The number of rotatable bonds is 2. The second-order valence-corrected chi connectivity index (χ2v) is 6.19. The van der Waals surface area contributed by atoms with Crippen LogP contribution in [0.4, 0.5) is 0 Å². The predicted molar refractivity (Wildman–Crippen MR) is 64.6 cm³/mol. The van der Waals surface area contributed by atoms with E-state index in [9.17, 15) is 0 Å². The van der Waals surface area contributed by atoms with Crippen LogP contribution in [0.5, 0.6) is 0 Å². The Hall–Kier alpha value is -0.120. The van der Waals surface area contributed by atoms with Gasteiger partial charge >= 0.3 is 0 Å². The van der Waals surface area contributed by atoms with Gasteiger partial charge in [-0.2, -0.15) is 0 Å². The SMILES string of the molecule is COC1CC(N2CC3(CCN(C)CC3)C2)C1. The largest absolute Gasteiger partial charge is 0.381 e. The van der Waals surface area contributed by atoms with Crippen molar-refractivity contribution in [2.45, 2.75) is 37.8 Å². The maximum Gasteiger partial charge on any atom is 0.0601 e. The highest BCUT2D eigenvalue weighted by molar-refractivity contribution is 5.02.